The summed E-state index contributed by atoms with van der Waals surface area (Å²) in [6.07, 6.45) is -4.67. The van der Waals surface area contributed by atoms with Gasteiger partial charge in [0.25, 0.3) is 0 Å². The van der Waals surface area contributed by atoms with Crippen LogP contribution in [-0.2, 0) is 6.54 Å². The number of nitrogens with zero attached hydrogens (tertiary/aromatic N) is 1. The van der Waals surface area contributed by atoms with Crippen LogP contribution in [0.3, 0.4) is 0 Å². The minimum atomic E-state index is -4.67. The molecule has 0 saturated carbocycles. The Balaban J connectivity index is 1.71. The van der Waals surface area contributed by atoms with Gasteiger partial charge in [-0.15, -0.1) is 13.2 Å². The minimum Gasteiger partial charge on any atom is -0.406 e. The van der Waals surface area contributed by atoms with Crippen LogP contribution in [0.25, 0.3) is 10.9 Å². The van der Waals surface area contributed by atoms with Gasteiger partial charge in [0.1, 0.15) is 5.75 Å². The Kier molecular flexibility index (Phi) is 3.92. The molecule has 6 heteroatoms. The molecule has 1 N–H and O–H groups in total. The van der Waals surface area contributed by atoms with E-state index in [1.807, 2.05) is 12.1 Å². The average molecular weight is 346 g/mol. The third-order valence-electron chi connectivity index (χ3n) is 4.58. The first-order valence-electron chi connectivity index (χ1n) is 8.16. The van der Waals surface area contributed by atoms with Gasteiger partial charge in [-0.25, -0.2) is 0 Å². The van der Waals surface area contributed by atoms with Crippen molar-refractivity contribution in [2.24, 2.45) is 0 Å². The highest BCUT2D eigenvalue weighted by Crippen LogP contribution is 2.32. The largest absolute Gasteiger partial charge is 0.573 e. The molecule has 1 aromatic heterocycles. The van der Waals surface area contributed by atoms with Gasteiger partial charge in [0.2, 0.25) is 0 Å². The summed E-state index contributed by atoms with van der Waals surface area (Å²) < 4.78 is 43.2. The monoisotopic (exact) mass is 346 g/mol. The molecule has 2 aromatic carbocycles. The highest BCUT2D eigenvalue weighted by Gasteiger charge is 2.31. The summed E-state index contributed by atoms with van der Waals surface area (Å²) in [6.45, 7) is 2.47. The fourth-order valence-electron chi connectivity index (χ4n) is 3.50. The fourth-order valence-corrected chi connectivity index (χ4v) is 3.50. The molecule has 0 fully saturated rings. The number of alkyl halides is 3. The molecular weight excluding hydrogens is 329 g/mol. The zero-order valence-electron chi connectivity index (χ0n) is 13.4. The molecule has 1 unspecified atom stereocenters. The van der Waals surface area contributed by atoms with Crippen molar-refractivity contribution in [3.8, 4) is 5.75 Å². The molecule has 0 amide bonds. The summed E-state index contributed by atoms with van der Waals surface area (Å²) in [5.41, 5.74) is 3.33. The van der Waals surface area contributed by atoms with E-state index in [0.29, 0.717) is 0 Å². The lowest BCUT2D eigenvalue weighted by Gasteiger charge is -2.17. The minimum absolute atomic E-state index is 0.0786. The van der Waals surface area contributed by atoms with Gasteiger partial charge in [-0.05, 0) is 35.2 Å². The Hall–Kier alpha value is -2.47. The Morgan fingerprint density at radius 2 is 1.80 bits per heavy atom. The summed E-state index contributed by atoms with van der Waals surface area (Å²) in [5.74, 6) is -0.117. The van der Waals surface area contributed by atoms with E-state index in [-0.39, 0.29) is 11.7 Å². The lowest BCUT2D eigenvalue weighted by atomic mass is 9.95. The molecule has 0 radical (unpaired) electrons. The van der Waals surface area contributed by atoms with Crippen molar-refractivity contribution in [3.05, 3.63) is 65.9 Å². The van der Waals surface area contributed by atoms with Gasteiger partial charge in [0.05, 0.1) is 0 Å². The molecule has 0 saturated heterocycles. The molecule has 1 aliphatic heterocycles. The third-order valence-corrected chi connectivity index (χ3v) is 4.58. The fraction of sp³-hybridized carbons (Fsp3) is 0.263. The second-order valence-corrected chi connectivity index (χ2v) is 6.15. The molecule has 3 nitrogen and oxygen atoms in total. The Morgan fingerprint density at radius 3 is 2.56 bits per heavy atom. The Labute approximate surface area is 143 Å². The highest BCUT2D eigenvalue weighted by molar-refractivity contribution is 5.81. The lowest BCUT2D eigenvalue weighted by molar-refractivity contribution is -0.274. The molecule has 2 heterocycles. The van der Waals surface area contributed by atoms with Crippen molar-refractivity contribution in [3.63, 3.8) is 0 Å². The van der Waals surface area contributed by atoms with Crippen molar-refractivity contribution in [2.75, 3.05) is 13.1 Å². The van der Waals surface area contributed by atoms with Gasteiger partial charge in [0, 0.05) is 36.8 Å². The summed E-state index contributed by atoms with van der Waals surface area (Å²) in [6, 6.07) is 16.6. The van der Waals surface area contributed by atoms with Crippen LogP contribution in [0.15, 0.2) is 54.6 Å². The van der Waals surface area contributed by atoms with Gasteiger partial charge in [-0.3, -0.25) is 0 Å². The van der Waals surface area contributed by atoms with Gasteiger partial charge < -0.3 is 14.6 Å². The summed E-state index contributed by atoms with van der Waals surface area (Å²) >= 11 is 0. The second kappa shape index (κ2) is 6.11. The quantitative estimate of drug-likeness (QED) is 0.750. The Bertz CT molecular complexity index is 884. The number of hydrogen-bond donors (Lipinski definition) is 1. The first kappa shape index (κ1) is 16.0. The molecule has 130 valence electrons. The second-order valence-electron chi connectivity index (χ2n) is 6.15. The maximum atomic E-state index is 12.3. The summed E-state index contributed by atoms with van der Waals surface area (Å²) in [4.78, 5) is 0. The predicted molar refractivity (Wildman–Crippen MR) is 89.8 cm³/mol. The number of benzene rings is 2. The van der Waals surface area contributed by atoms with Crippen LogP contribution in [0.2, 0.25) is 0 Å². The number of aromatic nitrogens is 1. The van der Waals surface area contributed by atoms with Crippen molar-refractivity contribution < 1.29 is 17.9 Å². The van der Waals surface area contributed by atoms with E-state index >= 15 is 0 Å². The average Bonchev–Trinajstić information content (AvgIpc) is 2.80. The van der Waals surface area contributed by atoms with Crippen LogP contribution in [0, 0.1) is 0 Å². The van der Waals surface area contributed by atoms with Crippen LogP contribution in [0.5, 0.6) is 5.75 Å². The van der Waals surface area contributed by atoms with Crippen LogP contribution in [0.4, 0.5) is 13.2 Å². The molecule has 4 rings (SSSR count). The van der Waals surface area contributed by atoms with E-state index in [1.54, 1.807) is 12.1 Å². The molecule has 0 spiro atoms. The number of halogens is 3. The van der Waals surface area contributed by atoms with Crippen molar-refractivity contribution in [1.82, 2.24) is 9.88 Å². The number of ether oxygens (including phenoxy) is 1. The first-order valence-corrected chi connectivity index (χ1v) is 8.16. The van der Waals surface area contributed by atoms with E-state index < -0.39 is 6.36 Å². The molecule has 1 aliphatic rings. The zero-order valence-corrected chi connectivity index (χ0v) is 13.4. The standard InChI is InChI=1S/C19H17F3N2O/c20-19(21,22)25-15-7-5-13(6-8-15)16-12-23-9-10-24-17-4-2-1-3-14(17)11-18(16)24/h1-8,11,16,23H,9-10,12H2. The molecule has 0 bridgehead atoms. The highest BCUT2D eigenvalue weighted by atomic mass is 19.4. The van der Waals surface area contributed by atoms with E-state index in [0.717, 1.165) is 25.2 Å². The molecule has 0 aliphatic carbocycles. The molecular formula is C19H17F3N2O. The van der Waals surface area contributed by atoms with Gasteiger partial charge in [0.15, 0.2) is 0 Å². The molecule has 3 aromatic rings. The molecule has 1 atom stereocenters. The Morgan fingerprint density at radius 1 is 1.04 bits per heavy atom. The summed E-state index contributed by atoms with van der Waals surface area (Å²) in [7, 11) is 0. The van der Waals surface area contributed by atoms with Crippen LogP contribution >= 0.6 is 0 Å². The van der Waals surface area contributed by atoms with Crippen LogP contribution in [0.1, 0.15) is 17.2 Å². The topological polar surface area (TPSA) is 26.2 Å². The maximum absolute atomic E-state index is 12.3. The number of rotatable bonds is 2. The normalized spacial score (nSPS) is 18.0. The van der Waals surface area contributed by atoms with E-state index in [2.05, 4.69) is 32.8 Å². The summed E-state index contributed by atoms with van der Waals surface area (Å²) in [5, 5.41) is 4.60. The van der Waals surface area contributed by atoms with E-state index in [1.165, 1.54) is 28.7 Å². The first-order chi connectivity index (χ1) is 12.0. The van der Waals surface area contributed by atoms with Gasteiger partial charge in [-0.2, -0.15) is 0 Å². The smallest absolute Gasteiger partial charge is 0.406 e. The SMILES string of the molecule is FC(F)(F)Oc1ccc(C2CNCCn3c2cc2ccccc23)cc1. The third kappa shape index (κ3) is 3.22. The lowest BCUT2D eigenvalue weighted by Crippen LogP contribution is -2.21. The predicted octanol–water partition coefficient (Wildman–Crippen LogP) is 4.28. The van der Waals surface area contributed by atoms with Crippen molar-refractivity contribution in [2.45, 2.75) is 18.8 Å². The number of fused-ring (bicyclic) bond motifs is 3. The van der Waals surface area contributed by atoms with Crippen molar-refractivity contribution in [1.29, 1.82) is 0 Å². The van der Waals surface area contributed by atoms with Crippen LogP contribution < -0.4 is 10.1 Å². The number of nitrogens with one attached hydrogen (secondary N) is 1. The van der Waals surface area contributed by atoms with Gasteiger partial charge in [-0.1, -0.05) is 30.3 Å². The van der Waals surface area contributed by atoms with E-state index in [9.17, 15) is 13.2 Å². The van der Waals surface area contributed by atoms with E-state index in [4.69, 9.17) is 0 Å². The maximum Gasteiger partial charge on any atom is 0.573 e. The van der Waals surface area contributed by atoms with Crippen molar-refractivity contribution >= 4 is 10.9 Å². The van der Waals surface area contributed by atoms with Crippen LogP contribution in [-0.4, -0.2) is 24.0 Å². The molecule has 25 heavy (non-hydrogen) atoms. The zero-order chi connectivity index (χ0) is 17.4. The number of para-hydroxylation sites is 1. The number of hydrogen-bond acceptors (Lipinski definition) is 2. The van der Waals surface area contributed by atoms with Gasteiger partial charge >= 0.3 is 6.36 Å².